The summed E-state index contributed by atoms with van der Waals surface area (Å²) in [6.45, 7) is 7.37. The van der Waals surface area contributed by atoms with Crippen molar-refractivity contribution in [1.29, 1.82) is 0 Å². The van der Waals surface area contributed by atoms with Crippen molar-refractivity contribution in [2.75, 3.05) is 5.75 Å². The zero-order chi connectivity index (χ0) is 18.6. The summed E-state index contributed by atoms with van der Waals surface area (Å²) in [5.74, 6) is -0.519. The van der Waals surface area contributed by atoms with Crippen molar-refractivity contribution in [2.24, 2.45) is 0 Å². The van der Waals surface area contributed by atoms with E-state index in [-0.39, 0.29) is 11.8 Å². The molecule has 1 amide bonds. The normalized spacial score (nSPS) is 12.8. The van der Waals surface area contributed by atoms with Crippen LogP contribution in [0.5, 0.6) is 0 Å². The van der Waals surface area contributed by atoms with E-state index in [4.69, 9.17) is 4.42 Å². The van der Waals surface area contributed by atoms with Crippen LogP contribution in [0.15, 0.2) is 28.7 Å². The Morgan fingerprint density at radius 1 is 1.28 bits per heavy atom. The zero-order valence-electron chi connectivity index (χ0n) is 15.0. The Kier molecular flexibility index (Phi) is 6.00. The second kappa shape index (κ2) is 7.82. The number of amides is 1. The molecule has 0 aliphatic rings. The van der Waals surface area contributed by atoms with Gasteiger partial charge in [-0.2, -0.15) is 0 Å². The van der Waals surface area contributed by atoms with E-state index < -0.39 is 21.5 Å². The van der Waals surface area contributed by atoms with Crippen LogP contribution in [0.2, 0.25) is 0 Å². The summed E-state index contributed by atoms with van der Waals surface area (Å²) in [5, 5.41) is 2.66. The Hall–Kier alpha value is -2.15. The Morgan fingerprint density at radius 3 is 2.60 bits per heavy atom. The van der Waals surface area contributed by atoms with Crippen LogP contribution in [0, 0.1) is 13.8 Å². The number of carbonyl (C=O) groups excluding carboxylic acids is 1. The van der Waals surface area contributed by atoms with Crippen LogP contribution in [0.3, 0.4) is 0 Å². The molecule has 136 valence electrons. The molecule has 0 aliphatic carbocycles. The van der Waals surface area contributed by atoms with Gasteiger partial charge in [0.1, 0.15) is 11.5 Å². The van der Waals surface area contributed by atoms with Gasteiger partial charge >= 0.3 is 0 Å². The second-order valence-electron chi connectivity index (χ2n) is 6.25. The van der Waals surface area contributed by atoms with Crippen LogP contribution in [0.25, 0.3) is 11.5 Å². The van der Waals surface area contributed by atoms with E-state index in [1.807, 2.05) is 45.0 Å². The molecule has 25 heavy (non-hydrogen) atoms. The minimum Gasteiger partial charge on any atom is -0.441 e. The van der Waals surface area contributed by atoms with Crippen LogP contribution in [-0.2, 0) is 20.4 Å². The van der Waals surface area contributed by atoms with Crippen molar-refractivity contribution >= 4 is 15.7 Å². The number of rotatable bonds is 7. The minimum absolute atomic E-state index is 0.0517. The van der Waals surface area contributed by atoms with Crippen LogP contribution < -0.4 is 5.32 Å². The lowest BCUT2D eigenvalue weighted by atomic mass is 10.1. The number of sulfone groups is 1. The number of hydrogen-bond acceptors (Lipinski definition) is 5. The van der Waals surface area contributed by atoms with Gasteiger partial charge in [-0.3, -0.25) is 4.79 Å². The third kappa shape index (κ3) is 5.16. The van der Waals surface area contributed by atoms with E-state index >= 15 is 0 Å². The maximum atomic E-state index is 12.3. The number of nitrogens with one attached hydrogen (secondary N) is 1. The lowest BCUT2D eigenvalue weighted by molar-refractivity contribution is -0.119. The fourth-order valence-corrected chi connectivity index (χ4v) is 3.64. The topological polar surface area (TPSA) is 89.3 Å². The molecule has 0 fully saturated rings. The molecule has 0 saturated carbocycles. The smallest absolute Gasteiger partial charge is 0.235 e. The number of hydrogen-bond donors (Lipinski definition) is 1. The molecular formula is C18H24N2O4S. The lowest BCUT2D eigenvalue weighted by Gasteiger charge is -2.11. The minimum atomic E-state index is -3.62. The summed E-state index contributed by atoms with van der Waals surface area (Å²) in [4.78, 5) is 16.2. The molecule has 0 radical (unpaired) electrons. The van der Waals surface area contributed by atoms with Gasteiger partial charge in [-0.15, -0.1) is 0 Å². The molecule has 1 unspecified atom stereocenters. The van der Waals surface area contributed by atoms with E-state index in [2.05, 4.69) is 10.3 Å². The largest absolute Gasteiger partial charge is 0.441 e. The number of aryl methyl sites for hydroxylation is 2. The van der Waals surface area contributed by atoms with Gasteiger partial charge in [0.2, 0.25) is 11.8 Å². The summed E-state index contributed by atoms with van der Waals surface area (Å²) in [6.07, 6.45) is 0.744. The van der Waals surface area contributed by atoms with E-state index in [1.165, 1.54) is 0 Å². The lowest BCUT2D eigenvalue weighted by Crippen LogP contribution is -2.36. The molecule has 2 rings (SSSR count). The summed E-state index contributed by atoms with van der Waals surface area (Å²) < 4.78 is 30.2. The van der Waals surface area contributed by atoms with Gasteiger partial charge in [0.25, 0.3) is 0 Å². The van der Waals surface area contributed by atoms with Crippen LogP contribution in [0.1, 0.15) is 37.3 Å². The molecule has 0 aliphatic heterocycles. The number of carbonyl (C=O) groups is 1. The first-order valence-electron chi connectivity index (χ1n) is 8.24. The Balaban J connectivity index is 2.15. The summed E-state index contributed by atoms with van der Waals surface area (Å²) in [7, 11) is -3.62. The molecule has 0 spiro atoms. The molecule has 2 aromatic rings. The summed E-state index contributed by atoms with van der Waals surface area (Å²) >= 11 is 0. The molecule has 1 N–H and O–H groups in total. The number of nitrogens with zero attached hydrogens (tertiary/aromatic N) is 1. The average molecular weight is 364 g/mol. The van der Waals surface area contributed by atoms with E-state index in [0.717, 1.165) is 17.5 Å². The van der Waals surface area contributed by atoms with Crippen molar-refractivity contribution in [2.45, 2.75) is 45.9 Å². The second-order valence-corrected chi connectivity index (χ2v) is 8.31. The highest BCUT2D eigenvalue weighted by molar-refractivity contribution is 7.91. The Morgan fingerprint density at radius 2 is 1.96 bits per heavy atom. The van der Waals surface area contributed by atoms with Gasteiger partial charge in [0.05, 0.1) is 11.4 Å². The van der Waals surface area contributed by atoms with Gasteiger partial charge in [-0.05, 0) is 38.8 Å². The van der Waals surface area contributed by atoms with Crippen molar-refractivity contribution in [3.05, 3.63) is 41.3 Å². The molecular weight excluding hydrogens is 340 g/mol. The molecule has 1 aromatic carbocycles. The molecule has 0 saturated heterocycles. The van der Waals surface area contributed by atoms with Gasteiger partial charge in [0.15, 0.2) is 9.84 Å². The van der Waals surface area contributed by atoms with Gasteiger partial charge in [-0.1, -0.05) is 25.1 Å². The first-order valence-corrected chi connectivity index (χ1v) is 10.1. The van der Waals surface area contributed by atoms with Gasteiger partial charge in [-0.25, -0.2) is 13.4 Å². The van der Waals surface area contributed by atoms with E-state index in [1.54, 1.807) is 6.92 Å². The predicted molar refractivity (Wildman–Crippen MR) is 96.8 cm³/mol. The highest BCUT2D eigenvalue weighted by atomic mass is 32.2. The van der Waals surface area contributed by atoms with Gasteiger partial charge in [0, 0.05) is 11.6 Å². The van der Waals surface area contributed by atoms with Crippen LogP contribution in [0.4, 0.5) is 0 Å². The first-order chi connectivity index (χ1) is 11.7. The molecule has 6 nitrogen and oxygen atoms in total. The number of oxazole rings is 1. The zero-order valence-corrected chi connectivity index (χ0v) is 15.8. The standard InChI is InChI=1S/C18H24N2O4S/c1-5-13(3)19-17(21)11-25(22,23)10-16-14(4)24-18(20-16)15-9-7-6-8-12(15)2/h6-9,13H,5,10-11H2,1-4H3,(H,19,21). The van der Waals surface area contributed by atoms with E-state index in [0.29, 0.717) is 17.3 Å². The van der Waals surface area contributed by atoms with Crippen molar-refractivity contribution in [3.63, 3.8) is 0 Å². The van der Waals surface area contributed by atoms with Crippen molar-refractivity contribution < 1.29 is 17.6 Å². The average Bonchev–Trinajstić information content (AvgIpc) is 2.86. The summed E-state index contributed by atoms with van der Waals surface area (Å²) in [6, 6.07) is 7.54. The Bertz CT molecular complexity index is 856. The monoisotopic (exact) mass is 364 g/mol. The quantitative estimate of drug-likeness (QED) is 0.816. The summed E-state index contributed by atoms with van der Waals surface area (Å²) in [5.41, 5.74) is 2.16. The van der Waals surface area contributed by atoms with Crippen LogP contribution in [-0.4, -0.2) is 31.1 Å². The molecule has 1 heterocycles. The molecule has 7 heteroatoms. The maximum Gasteiger partial charge on any atom is 0.235 e. The van der Waals surface area contributed by atoms with Crippen molar-refractivity contribution in [1.82, 2.24) is 10.3 Å². The molecule has 1 atom stereocenters. The van der Waals surface area contributed by atoms with Crippen molar-refractivity contribution in [3.8, 4) is 11.5 Å². The molecule has 0 bridgehead atoms. The SMILES string of the molecule is CCC(C)NC(=O)CS(=O)(=O)Cc1nc(-c2ccccc2C)oc1C. The highest BCUT2D eigenvalue weighted by Crippen LogP contribution is 2.25. The predicted octanol–water partition coefficient (Wildman–Crippen LogP) is 2.79. The number of benzene rings is 1. The third-order valence-electron chi connectivity index (χ3n) is 4.00. The first kappa shape index (κ1) is 19.2. The van der Waals surface area contributed by atoms with Crippen LogP contribution >= 0.6 is 0 Å². The third-order valence-corrected chi connectivity index (χ3v) is 5.41. The molecule has 1 aromatic heterocycles. The highest BCUT2D eigenvalue weighted by Gasteiger charge is 2.23. The van der Waals surface area contributed by atoms with Gasteiger partial charge < -0.3 is 9.73 Å². The fourth-order valence-electron chi connectivity index (χ4n) is 2.37. The Labute approximate surface area is 148 Å². The maximum absolute atomic E-state index is 12.3. The fraction of sp³-hybridized carbons (Fsp3) is 0.444. The number of aromatic nitrogens is 1. The van der Waals surface area contributed by atoms with E-state index in [9.17, 15) is 13.2 Å².